The van der Waals surface area contributed by atoms with Crippen molar-refractivity contribution < 1.29 is 14.0 Å². The molecule has 0 amide bonds. The Bertz CT molecular complexity index is 814. The maximum Gasteiger partial charge on any atom is 0.276 e. The molecule has 168 valence electrons. The molecule has 1 N–H and O–H groups in total. The van der Waals surface area contributed by atoms with Crippen LogP contribution in [0.5, 0.6) is 0 Å². The van der Waals surface area contributed by atoms with Gasteiger partial charge in [-0.1, -0.05) is 11.2 Å². The highest BCUT2D eigenvalue weighted by Crippen LogP contribution is 2.18. The minimum atomic E-state index is 0.282. The number of nitrogens with zero attached hydrogens (tertiary/aromatic N) is 5. The van der Waals surface area contributed by atoms with Gasteiger partial charge in [0.2, 0.25) is 0 Å². The number of hydrogen-bond donors (Lipinski definition) is 1. The van der Waals surface area contributed by atoms with E-state index in [0.29, 0.717) is 36.5 Å². The van der Waals surface area contributed by atoms with Crippen LogP contribution in [0.25, 0.3) is 11.6 Å². The molecule has 2 aliphatic heterocycles. The maximum atomic E-state index is 6.12. The van der Waals surface area contributed by atoms with Crippen LogP contribution in [0.3, 0.4) is 0 Å². The van der Waals surface area contributed by atoms with E-state index in [1.54, 1.807) is 6.20 Å². The molecule has 2 saturated heterocycles. The Kier molecular flexibility index (Phi) is 7.84. The lowest BCUT2D eigenvalue weighted by molar-refractivity contribution is -0.0721. The number of ether oxygens (including phenoxy) is 2. The van der Waals surface area contributed by atoms with E-state index in [9.17, 15) is 0 Å². The van der Waals surface area contributed by atoms with Crippen LogP contribution in [-0.2, 0) is 15.9 Å². The van der Waals surface area contributed by atoms with E-state index >= 15 is 0 Å². The zero-order valence-electron chi connectivity index (χ0n) is 18.2. The summed E-state index contributed by atoms with van der Waals surface area (Å²) < 4.78 is 17.2. The minimum absolute atomic E-state index is 0.282. The molecule has 0 bridgehead atoms. The van der Waals surface area contributed by atoms with Crippen molar-refractivity contribution in [1.29, 1.82) is 0 Å². The lowest BCUT2D eigenvalue weighted by Crippen LogP contribution is -2.47. The summed E-state index contributed by atoms with van der Waals surface area (Å²) in [7, 11) is 1.82. The van der Waals surface area contributed by atoms with Gasteiger partial charge >= 0.3 is 0 Å². The van der Waals surface area contributed by atoms with E-state index < -0.39 is 0 Å². The number of pyridine rings is 1. The van der Waals surface area contributed by atoms with Crippen LogP contribution in [0, 0.1) is 0 Å². The highest BCUT2D eigenvalue weighted by Gasteiger charge is 2.23. The number of nitrogens with one attached hydrogen (secondary N) is 1. The fraction of sp³-hybridized carbons (Fsp3) is 0.636. The van der Waals surface area contributed by atoms with Crippen molar-refractivity contribution in [3.8, 4) is 11.6 Å². The van der Waals surface area contributed by atoms with Crippen LogP contribution < -0.4 is 5.32 Å². The second-order valence-corrected chi connectivity index (χ2v) is 7.96. The van der Waals surface area contributed by atoms with Gasteiger partial charge in [-0.3, -0.25) is 9.98 Å². The van der Waals surface area contributed by atoms with Gasteiger partial charge in [0.05, 0.1) is 18.8 Å². The zero-order valence-corrected chi connectivity index (χ0v) is 18.2. The number of guanidine groups is 1. The minimum Gasteiger partial charge on any atom is -0.376 e. The lowest BCUT2D eigenvalue weighted by Gasteiger charge is -2.35. The van der Waals surface area contributed by atoms with Crippen LogP contribution in [0.4, 0.5) is 0 Å². The fourth-order valence-corrected chi connectivity index (χ4v) is 3.98. The van der Waals surface area contributed by atoms with Gasteiger partial charge < -0.3 is 24.2 Å². The van der Waals surface area contributed by atoms with Gasteiger partial charge in [0.25, 0.3) is 5.89 Å². The molecular formula is C22H32N6O3. The summed E-state index contributed by atoms with van der Waals surface area (Å²) in [5, 5.41) is 7.46. The first-order chi connectivity index (χ1) is 15.3. The molecule has 2 aliphatic rings. The molecule has 0 aliphatic carbocycles. The molecule has 0 spiro atoms. The maximum absolute atomic E-state index is 6.12. The normalized spacial score (nSPS) is 20.7. The Morgan fingerprint density at radius 2 is 2.16 bits per heavy atom. The Morgan fingerprint density at radius 3 is 2.90 bits per heavy atom. The Balaban J connectivity index is 1.17. The molecule has 4 heterocycles. The second-order valence-electron chi connectivity index (χ2n) is 7.96. The number of aliphatic imine (C=N–C) groups is 1. The fourth-order valence-electron chi connectivity index (χ4n) is 3.98. The van der Waals surface area contributed by atoms with Crippen LogP contribution in [0.15, 0.2) is 33.9 Å². The lowest BCUT2D eigenvalue weighted by atomic mass is 10.1. The molecule has 2 aromatic rings. The number of aromatic nitrogens is 3. The average Bonchev–Trinajstić information content (AvgIpc) is 3.31. The third-order valence-corrected chi connectivity index (χ3v) is 5.73. The molecule has 1 unspecified atom stereocenters. The molecule has 4 rings (SSSR count). The van der Waals surface area contributed by atoms with Crippen molar-refractivity contribution in [3.63, 3.8) is 0 Å². The first-order valence-electron chi connectivity index (χ1n) is 11.2. The summed E-state index contributed by atoms with van der Waals surface area (Å²) in [6.07, 6.45) is 8.52. The highest BCUT2D eigenvalue weighted by atomic mass is 16.5. The standard InChI is InChI=1S/C22H32N6O3/c1-23-22(25-12-8-20-26-21(31-27-20)19-7-2-4-11-24-19)28-13-9-17(10-14-28)30-16-18-6-3-5-15-29-18/h2,4,7,11,17-18H,3,5-6,8-10,12-16H2,1H3,(H,23,25). The van der Waals surface area contributed by atoms with E-state index in [1.807, 2.05) is 25.2 Å². The van der Waals surface area contributed by atoms with E-state index in [-0.39, 0.29) is 6.10 Å². The SMILES string of the molecule is CN=C(NCCc1noc(-c2ccccn2)n1)N1CCC(OCC2CCCCO2)CC1. The summed E-state index contributed by atoms with van der Waals surface area (Å²) in [5.41, 5.74) is 0.685. The van der Waals surface area contributed by atoms with Crippen LogP contribution in [0.1, 0.15) is 37.9 Å². The van der Waals surface area contributed by atoms with Gasteiger partial charge in [-0.25, -0.2) is 0 Å². The first kappa shape index (κ1) is 21.7. The predicted octanol–water partition coefficient (Wildman–Crippen LogP) is 2.30. The monoisotopic (exact) mass is 428 g/mol. The van der Waals surface area contributed by atoms with Gasteiger partial charge in [-0.2, -0.15) is 4.98 Å². The topological polar surface area (TPSA) is 97.9 Å². The van der Waals surface area contributed by atoms with Gasteiger partial charge in [0.1, 0.15) is 5.69 Å². The van der Waals surface area contributed by atoms with Crippen LogP contribution >= 0.6 is 0 Å². The number of rotatable bonds is 7. The summed E-state index contributed by atoms with van der Waals surface area (Å²) in [6, 6.07) is 5.61. The predicted molar refractivity (Wildman–Crippen MR) is 117 cm³/mol. The van der Waals surface area contributed by atoms with E-state index in [0.717, 1.165) is 51.5 Å². The Labute approximate surface area is 183 Å². The second kappa shape index (κ2) is 11.2. The van der Waals surface area contributed by atoms with Gasteiger partial charge in [-0.05, 0) is 44.2 Å². The summed E-state index contributed by atoms with van der Waals surface area (Å²) in [6.45, 7) is 4.15. The molecule has 2 fully saturated rings. The number of hydrogen-bond acceptors (Lipinski definition) is 7. The van der Waals surface area contributed by atoms with Crippen LogP contribution in [0.2, 0.25) is 0 Å². The highest BCUT2D eigenvalue weighted by molar-refractivity contribution is 5.79. The molecular weight excluding hydrogens is 396 g/mol. The molecule has 31 heavy (non-hydrogen) atoms. The van der Waals surface area contributed by atoms with Crippen molar-refractivity contribution in [3.05, 3.63) is 30.2 Å². The van der Waals surface area contributed by atoms with Gasteiger partial charge in [0.15, 0.2) is 11.8 Å². The third kappa shape index (κ3) is 6.24. The van der Waals surface area contributed by atoms with Crippen molar-refractivity contribution >= 4 is 5.96 Å². The van der Waals surface area contributed by atoms with E-state index in [2.05, 4.69) is 30.3 Å². The quantitative estimate of drug-likeness (QED) is 0.530. The third-order valence-electron chi connectivity index (χ3n) is 5.73. The largest absolute Gasteiger partial charge is 0.376 e. The van der Waals surface area contributed by atoms with Crippen molar-refractivity contribution in [2.24, 2.45) is 4.99 Å². The van der Waals surface area contributed by atoms with Crippen molar-refractivity contribution in [2.75, 3.05) is 39.9 Å². The van der Waals surface area contributed by atoms with Gasteiger partial charge in [0, 0.05) is 45.9 Å². The molecule has 9 nitrogen and oxygen atoms in total. The van der Waals surface area contributed by atoms with Crippen LogP contribution in [-0.4, -0.2) is 78.1 Å². The van der Waals surface area contributed by atoms with Crippen molar-refractivity contribution in [2.45, 2.75) is 50.7 Å². The molecule has 0 aromatic carbocycles. The zero-order chi connectivity index (χ0) is 21.3. The molecule has 0 radical (unpaired) electrons. The average molecular weight is 429 g/mol. The first-order valence-corrected chi connectivity index (χ1v) is 11.2. The Hall–Kier alpha value is -2.52. The van der Waals surface area contributed by atoms with Crippen molar-refractivity contribution in [1.82, 2.24) is 25.3 Å². The van der Waals surface area contributed by atoms with E-state index in [1.165, 1.54) is 12.8 Å². The molecule has 1 atom stereocenters. The summed E-state index contributed by atoms with van der Waals surface area (Å²) in [5.74, 6) is 2.00. The molecule has 9 heteroatoms. The summed E-state index contributed by atoms with van der Waals surface area (Å²) in [4.78, 5) is 15.4. The number of piperidine rings is 1. The Morgan fingerprint density at radius 1 is 1.26 bits per heavy atom. The van der Waals surface area contributed by atoms with E-state index in [4.69, 9.17) is 14.0 Å². The number of likely N-dealkylation sites (tertiary alicyclic amines) is 1. The molecule has 2 aromatic heterocycles. The smallest absolute Gasteiger partial charge is 0.276 e. The molecule has 0 saturated carbocycles. The summed E-state index contributed by atoms with van der Waals surface area (Å²) >= 11 is 0. The van der Waals surface area contributed by atoms with Gasteiger partial charge in [-0.15, -0.1) is 0 Å².